The van der Waals surface area contributed by atoms with E-state index in [1.165, 1.54) is 5.56 Å². The van der Waals surface area contributed by atoms with Crippen LogP contribution >= 0.6 is 0 Å². The molecule has 1 atom stereocenters. The van der Waals surface area contributed by atoms with Gasteiger partial charge in [0.25, 0.3) is 0 Å². The first-order valence-corrected chi connectivity index (χ1v) is 6.61. The van der Waals surface area contributed by atoms with Crippen LogP contribution in [-0.2, 0) is 6.54 Å². The highest BCUT2D eigenvalue weighted by molar-refractivity contribution is 5.27. The van der Waals surface area contributed by atoms with Crippen molar-refractivity contribution in [1.82, 2.24) is 20.5 Å². The Kier molecular flexibility index (Phi) is 3.85. The first-order chi connectivity index (χ1) is 9.93. The van der Waals surface area contributed by atoms with Gasteiger partial charge in [-0.25, -0.2) is 0 Å². The summed E-state index contributed by atoms with van der Waals surface area (Å²) in [4.78, 5) is 4.47. The fourth-order valence-electron chi connectivity index (χ4n) is 2.18. The predicted octanol–water partition coefficient (Wildman–Crippen LogP) is 2.68. The number of hydrogen-bond acceptors (Lipinski definition) is 3. The topological polar surface area (TPSA) is 53.6 Å². The smallest absolute Gasteiger partial charge is 0.0754 e. The van der Waals surface area contributed by atoms with Gasteiger partial charge in [0, 0.05) is 24.6 Å². The van der Waals surface area contributed by atoms with Gasteiger partial charge in [-0.15, -0.1) is 0 Å². The molecule has 1 aromatic carbocycles. The van der Waals surface area contributed by atoms with E-state index in [0.29, 0.717) is 0 Å². The minimum Gasteiger partial charge on any atom is -0.299 e. The summed E-state index contributed by atoms with van der Waals surface area (Å²) >= 11 is 0. The third-order valence-electron chi connectivity index (χ3n) is 3.17. The number of pyridine rings is 1. The number of benzene rings is 1. The van der Waals surface area contributed by atoms with Gasteiger partial charge < -0.3 is 0 Å². The van der Waals surface area contributed by atoms with E-state index in [4.69, 9.17) is 0 Å². The van der Waals surface area contributed by atoms with E-state index < -0.39 is 0 Å². The van der Waals surface area contributed by atoms with Gasteiger partial charge in [0.15, 0.2) is 0 Å². The maximum atomic E-state index is 4.47. The third-order valence-corrected chi connectivity index (χ3v) is 3.17. The molecule has 0 spiro atoms. The van der Waals surface area contributed by atoms with Crippen LogP contribution in [0.3, 0.4) is 0 Å². The Bertz CT molecular complexity index is 581. The fourth-order valence-corrected chi connectivity index (χ4v) is 2.18. The van der Waals surface area contributed by atoms with Crippen molar-refractivity contribution in [2.45, 2.75) is 12.6 Å². The average Bonchev–Trinajstić information content (AvgIpc) is 3.03. The van der Waals surface area contributed by atoms with E-state index in [9.17, 15) is 0 Å². The van der Waals surface area contributed by atoms with E-state index in [-0.39, 0.29) is 6.04 Å². The van der Waals surface area contributed by atoms with E-state index >= 15 is 0 Å². The Hall–Kier alpha value is -2.46. The average molecular weight is 264 g/mol. The van der Waals surface area contributed by atoms with Gasteiger partial charge in [0.05, 0.1) is 11.7 Å². The van der Waals surface area contributed by atoms with Gasteiger partial charge in [0.2, 0.25) is 0 Å². The van der Waals surface area contributed by atoms with Gasteiger partial charge in [-0.2, -0.15) is 5.10 Å². The third kappa shape index (κ3) is 2.92. The molecule has 0 bridgehead atoms. The summed E-state index contributed by atoms with van der Waals surface area (Å²) in [5.41, 5.74) is 3.27. The van der Waals surface area contributed by atoms with E-state index in [1.54, 1.807) is 6.20 Å². The Morgan fingerprint density at radius 1 is 0.950 bits per heavy atom. The van der Waals surface area contributed by atoms with Crippen molar-refractivity contribution in [3.63, 3.8) is 0 Å². The molecule has 0 saturated heterocycles. The fraction of sp³-hybridized carbons (Fsp3) is 0.125. The van der Waals surface area contributed by atoms with Crippen molar-refractivity contribution < 1.29 is 0 Å². The summed E-state index contributed by atoms with van der Waals surface area (Å²) in [5.74, 6) is 0. The summed E-state index contributed by atoms with van der Waals surface area (Å²) < 4.78 is 0. The molecule has 4 nitrogen and oxygen atoms in total. The van der Waals surface area contributed by atoms with E-state index in [1.807, 2.05) is 48.7 Å². The normalized spacial score (nSPS) is 12.2. The molecule has 20 heavy (non-hydrogen) atoms. The van der Waals surface area contributed by atoms with Gasteiger partial charge in [-0.05, 0) is 23.8 Å². The summed E-state index contributed by atoms with van der Waals surface area (Å²) in [6, 6.07) is 18.3. The van der Waals surface area contributed by atoms with E-state index in [2.05, 4.69) is 32.6 Å². The molecule has 2 N–H and O–H groups in total. The highest BCUT2D eigenvalue weighted by Gasteiger charge is 2.14. The zero-order valence-electron chi connectivity index (χ0n) is 11.0. The van der Waals surface area contributed by atoms with Crippen molar-refractivity contribution in [1.29, 1.82) is 0 Å². The second-order valence-electron chi connectivity index (χ2n) is 4.56. The molecule has 100 valence electrons. The lowest BCUT2D eigenvalue weighted by atomic mass is 10.0. The molecule has 0 fully saturated rings. The van der Waals surface area contributed by atoms with Crippen LogP contribution in [0, 0.1) is 0 Å². The minimum atomic E-state index is 0.0701. The van der Waals surface area contributed by atoms with Crippen LogP contribution < -0.4 is 5.32 Å². The van der Waals surface area contributed by atoms with Crippen LogP contribution in [0.5, 0.6) is 0 Å². The minimum absolute atomic E-state index is 0.0701. The monoisotopic (exact) mass is 264 g/mol. The Labute approximate surface area is 117 Å². The molecule has 0 radical (unpaired) electrons. The predicted molar refractivity (Wildman–Crippen MR) is 77.9 cm³/mol. The van der Waals surface area contributed by atoms with Crippen LogP contribution in [0.2, 0.25) is 0 Å². The highest BCUT2D eigenvalue weighted by atomic mass is 15.1. The van der Waals surface area contributed by atoms with Crippen molar-refractivity contribution in [2.24, 2.45) is 0 Å². The molecule has 0 aliphatic heterocycles. The van der Waals surface area contributed by atoms with Crippen LogP contribution in [0.4, 0.5) is 0 Å². The molecule has 3 aromatic rings. The number of hydrogen-bond donors (Lipinski definition) is 2. The van der Waals surface area contributed by atoms with Crippen molar-refractivity contribution in [2.75, 3.05) is 0 Å². The number of aromatic amines is 1. The molecule has 1 unspecified atom stereocenters. The van der Waals surface area contributed by atoms with Crippen molar-refractivity contribution in [3.8, 4) is 0 Å². The SMILES string of the molecule is c1ccc(C(NCc2ccn[nH]2)c2ccccn2)cc1. The highest BCUT2D eigenvalue weighted by Crippen LogP contribution is 2.20. The number of nitrogens with one attached hydrogen (secondary N) is 2. The Morgan fingerprint density at radius 3 is 2.50 bits per heavy atom. The van der Waals surface area contributed by atoms with Gasteiger partial charge in [-0.3, -0.25) is 15.4 Å². The largest absolute Gasteiger partial charge is 0.299 e. The maximum Gasteiger partial charge on any atom is 0.0754 e. The number of H-pyrrole nitrogens is 1. The molecular weight excluding hydrogens is 248 g/mol. The molecule has 0 amide bonds. The lowest BCUT2D eigenvalue weighted by Crippen LogP contribution is -2.23. The van der Waals surface area contributed by atoms with Crippen molar-refractivity contribution >= 4 is 0 Å². The quantitative estimate of drug-likeness (QED) is 0.745. The van der Waals surface area contributed by atoms with Crippen LogP contribution in [-0.4, -0.2) is 15.2 Å². The lowest BCUT2D eigenvalue weighted by Gasteiger charge is -2.18. The van der Waals surface area contributed by atoms with Crippen molar-refractivity contribution in [3.05, 3.63) is 83.9 Å². The molecular formula is C16H16N4. The molecule has 3 rings (SSSR count). The number of rotatable bonds is 5. The lowest BCUT2D eigenvalue weighted by molar-refractivity contribution is 0.583. The zero-order valence-corrected chi connectivity index (χ0v) is 11.0. The molecule has 2 aromatic heterocycles. The molecule has 0 aliphatic carbocycles. The second kappa shape index (κ2) is 6.12. The van der Waals surface area contributed by atoms with Gasteiger partial charge in [0.1, 0.15) is 0 Å². The molecule has 4 heteroatoms. The standard InChI is InChI=1S/C16H16N4/c1-2-6-13(7-3-1)16(15-8-4-5-10-17-15)18-12-14-9-11-19-20-14/h1-11,16,18H,12H2,(H,19,20). The summed E-state index contributed by atoms with van der Waals surface area (Å²) in [6.07, 6.45) is 3.58. The molecule has 0 saturated carbocycles. The maximum absolute atomic E-state index is 4.47. The van der Waals surface area contributed by atoms with Crippen LogP contribution in [0.15, 0.2) is 67.0 Å². The molecule has 0 aliphatic rings. The molecule has 2 heterocycles. The zero-order chi connectivity index (χ0) is 13.6. The summed E-state index contributed by atoms with van der Waals surface area (Å²) in [5, 5.41) is 10.4. The first-order valence-electron chi connectivity index (χ1n) is 6.61. The van der Waals surface area contributed by atoms with E-state index in [0.717, 1.165) is 17.9 Å². The Morgan fingerprint density at radius 2 is 1.80 bits per heavy atom. The summed E-state index contributed by atoms with van der Waals surface area (Å²) in [6.45, 7) is 0.718. The van der Waals surface area contributed by atoms with Gasteiger partial charge in [-0.1, -0.05) is 36.4 Å². The summed E-state index contributed by atoms with van der Waals surface area (Å²) in [7, 11) is 0. The second-order valence-corrected chi connectivity index (χ2v) is 4.56. The van der Waals surface area contributed by atoms with Crippen LogP contribution in [0.1, 0.15) is 23.0 Å². The number of nitrogens with zero attached hydrogens (tertiary/aromatic N) is 2. The first kappa shape index (κ1) is 12.6. The Balaban J connectivity index is 1.84. The number of aromatic nitrogens is 3. The van der Waals surface area contributed by atoms with Gasteiger partial charge >= 0.3 is 0 Å². The van der Waals surface area contributed by atoms with Crippen LogP contribution in [0.25, 0.3) is 0 Å².